The molecule has 0 aliphatic carbocycles. The number of anilines is 2. The standard InChI is InChI=1S/C59H64F2N8O5/c1-39-51(58(73)69(46-14-16-49(70)17-15-46)54-32-47(34-62)63(3)40(54)2)33-55(64(39)4)52-30-43-20-24-67(56(71)28-41-12-18-50(19-13-41)74-27-26-66-25-21-59(60,61)38-66)35-45(43)31-53(52)57(72)68-36-44-11-7-6-10-42(44)29-48(68)37-65-22-8-5-9-23-65/h6-7,10-19,30-33,48,70H,5,8-9,20-29,35-38H2,1-4H3/t48-/m0/s1. The lowest BCUT2D eigenvalue weighted by molar-refractivity contribution is -0.131. The molecule has 3 amide bonds. The summed E-state index contributed by atoms with van der Waals surface area (Å²) >= 11 is 0. The van der Waals surface area contributed by atoms with Gasteiger partial charge in [-0.25, -0.2) is 8.78 Å². The summed E-state index contributed by atoms with van der Waals surface area (Å²) in [6.07, 6.45) is 4.81. The summed E-state index contributed by atoms with van der Waals surface area (Å²) in [5.41, 5.74) is 10.2. The van der Waals surface area contributed by atoms with Crippen LogP contribution in [0.3, 0.4) is 0 Å². The Kier molecular flexibility index (Phi) is 14.2. The molecule has 15 heteroatoms. The number of hydrogen-bond acceptors (Lipinski definition) is 8. The monoisotopic (exact) mass is 1000 g/mol. The number of phenols is 1. The summed E-state index contributed by atoms with van der Waals surface area (Å²) < 4.78 is 36.9. The minimum Gasteiger partial charge on any atom is -0.508 e. The van der Waals surface area contributed by atoms with Gasteiger partial charge in [-0.2, -0.15) is 5.26 Å². The lowest BCUT2D eigenvalue weighted by Gasteiger charge is -2.41. The fraction of sp³-hybridized carbons (Fsp3) is 0.390. The second-order valence-corrected chi connectivity index (χ2v) is 20.6. The van der Waals surface area contributed by atoms with Crippen molar-refractivity contribution in [2.45, 2.75) is 83.8 Å². The Bertz CT molecular complexity index is 3130. The first-order valence-electron chi connectivity index (χ1n) is 25.9. The number of alkyl halides is 2. The van der Waals surface area contributed by atoms with E-state index >= 15 is 9.59 Å². The van der Waals surface area contributed by atoms with E-state index < -0.39 is 5.92 Å². The van der Waals surface area contributed by atoms with Gasteiger partial charge in [-0.15, -0.1) is 0 Å². The molecule has 0 spiro atoms. The van der Waals surface area contributed by atoms with Crippen molar-refractivity contribution in [1.82, 2.24) is 28.7 Å². The van der Waals surface area contributed by atoms with E-state index in [4.69, 9.17) is 4.74 Å². The fourth-order valence-electron chi connectivity index (χ4n) is 11.4. The number of carbonyl (C=O) groups is 3. The summed E-state index contributed by atoms with van der Waals surface area (Å²) in [5.74, 6) is -2.46. The number of amides is 3. The van der Waals surface area contributed by atoms with Crippen molar-refractivity contribution >= 4 is 29.1 Å². The van der Waals surface area contributed by atoms with E-state index in [-0.39, 0.29) is 48.9 Å². The number of phenolic OH excluding ortho intramolecular Hbond substituents is 1. The quantitative estimate of drug-likeness (QED) is 0.121. The Labute approximate surface area is 431 Å². The highest BCUT2D eigenvalue weighted by atomic mass is 19.3. The van der Waals surface area contributed by atoms with Gasteiger partial charge < -0.3 is 33.7 Å². The highest BCUT2D eigenvalue weighted by Gasteiger charge is 2.38. The molecule has 6 aromatic rings. The number of hydrogen-bond donors (Lipinski definition) is 1. The Morgan fingerprint density at radius 2 is 1.54 bits per heavy atom. The van der Waals surface area contributed by atoms with Crippen LogP contribution in [0.4, 0.5) is 20.2 Å². The van der Waals surface area contributed by atoms with Gasteiger partial charge in [0.05, 0.1) is 24.2 Å². The SMILES string of the molecule is Cc1c(N(C(=O)c2cc(-c3cc4c(cc3C(=O)N3Cc5ccccc5C[C@H]3CN3CCCCC3)CN(C(=O)Cc3ccc(OCCN5CCC(F)(F)C5)cc3)CC4)n(C)c2C)c2ccc(O)cc2)cc(C#N)n1C. The number of fused-ring (bicyclic) bond motifs is 2. The lowest BCUT2D eigenvalue weighted by Crippen LogP contribution is -2.51. The normalized spacial score (nSPS) is 17.7. The molecule has 4 aliphatic heterocycles. The molecule has 4 aliphatic rings. The Balaban J connectivity index is 0.978. The van der Waals surface area contributed by atoms with Crippen LogP contribution in [0.15, 0.2) is 97.1 Å². The number of ether oxygens (including phenoxy) is 1. The molecule has 10 rings (SSSR count). The van der Waals surface area contributed by atoms with E-state index in [9.17, 15) is 23.9 Å². The zero-order valence-electron chi connectivity index (χ0n) is 42.7. The highest BCUT2D eigenvalue weighted by Crippen LogP contribution is 2.39. The predicted molar refractivity (Wildman–Crippen MR) is 280 cm³/mol. The van der Waals surface area contributed by atoms with Crippen molar-refractivity contribution in [1.29, 1.82) is 5.26 Å². The third kappa shape index (κ3) is 10.3. The number of nitrogens with zero attached hydrogens (tertiary/aromatic N) is 8. The number of carbonyl (C=O) groups excluding carboxylic acids is 3. The molecule has 2 aromatic heterocycles. The van der Waals surface area contributed by atoms with Gasteiger partial charge in [-0.3, -0.25) is 24.2 Å². The van der Waals surface area contributed by atoms with E-state index in [1.807, 2.05) is 77.7 Å². The molecule has 6 heterocycles. The fourth-order valence-corrected chi connectivity index (χ4v) is 11.4. The van der Waals surface area contributed by atoms with Gasteiger partial charge in [-0.1, -0.05) is 42.8 Å². The van der Waals surface area contributed by atoms with E-state index in [2.05, 4.69) is 35.2 Å². The van der Waals surface area contributed by atoms with Crippen molar-refractivity contribution in [3.63, 3.8) is 0 Å². The van der Waals surface area contributed by atoms with E-state index in [1.165, 1.54) is 24.1 Å². The number of nitriles is 1. The largest absolute Gasteiger partial charge is 0.508 e. The maximum Gasteiger partial charge on any atom is 0.264 e. The lowest BCUT2D eigenvalue weighted by atomic mass is 9.89. The zero-order chi connectivity index (χ0) is 51.8. The van der Waals surface area contributed by atoms with E-state index in [0.717, 1.165) is 61.2 Å². The summed E-state index contributed by atoms with van der Waals surface area (Å²) in [5, 5.41) is 20.2. The third-order valence-corrected chi connectivity index (χ3v) is 15.9. The first-order valence-corrected chi connectivity index (χ1v) is 25.9. The number of benzene rings is 4. The minimum atomic E-state index is -2.64. The van der Waals surface area contributed by atoms with Crippen molar-refractivity contribution in [3.05, 3.63) is 153 Å². The van der Waals surface area contributed by atoms with Gasteiger partial charge in [0.1, 0.15) is 29.9 Å². The Morgan fingerprint density at radius 3 is 2.24 bits per heavy atom. The van der Waals surface area contributed by atoms with Crippen molar-refractivity contribution < 1.29 is 33.0 Å². The van der Waals surface area contributed by atoms with Crippen molar-refractivity contribution in [2.24, 2.45) is 14.1 Å². The molecular weight excluding hydrogens is 939 g/mol. The zero-order valence-corrected chi connectivity index (χ0v) is 42.7. The number of halogens is 2. The van der Waals surface area contributed by atoms with Crippen LogP contribution in [0, 0.1) is 25.2 Å². The van der Waals surface area contributed by atoms with Crippen molar-refractivity contribution in [3.8, 4) is 28.8 Å². The van der Waals surface area contributed by atoms with Crippen LogP contribution < -0.4 is 9.64 Å². The topological polar surface area (TPSA) is 131 Å². The molecule has 13 nitrogen and oxygen atoms in total. The van der Waals surface area contributed by atoms with Gasteiger partial charge in [0.15, 0.2) is 0 Å². The smallest absolute Gasteiger partial charge is 0.264 e. The average Bonchev–Trinajstić information content (AvgIpc) is 4.02. The first-order chi connectivity index (χ1) is 35.6. The summed E-state index contributed by atoms with van der Waals surface area (Å²) in [4.78, 5) is 54.8. The van der Waals surface area contributed by atoms with Gasteiger partial charge in [0, 0.05) is 99.7 Å². The summed E-state index contributed by atoms with van der Waals surface area (Å²) in [6, 6.07) is 31.9. The van der Waals surface area contributed by atoms with Crippen LogP contribution in [0.5, 0.6) is 11.5 Å². The summed E-state index contributed by atoms with van der Waals surface area (Å²) in [7, 11) is 3.70. The molecule has 0 bridgehead atoms. The molecule has 2 fully saturated rings. The molecule has 1 N–H and O–H groups in total. The van der Waals surface area contributed by atoms with E-state index in [1.54, 1.807) is 39.6 Å². The molecule has 2 saturated heterocycles. The second-order valence-electron chi connectivity index (χ2n) is 20.6. The van der Waals surface area contributed by atoms with Crippen LogP contribution in [0.25, 0.3) is 11.3 Å². The maximum atomic E-state index is 15.8. The number of likely N-dealkylation sites (tertiary alicyclic amines) is 2. The molecule has 0 saturated carbocycles. The maximum absolute atomic E-state index is 15.8. The molecule has 0 radical (unpaired) electrons. The third-order valence-electron chi connectivity index (χ3n) is 15.9. The molecule has 384 valence electrons. The van der Waals surface area contributed by atoms with Crippen LogP contribution in [0.1, 0.15) is 91.3 Å². The summed E-state index contributed by atoms with van der Waals surface area (Å²) in [6.45, 7) is 8.58. The average molecular weight is 1000 g/mol. The Hall–Kier alpha value is -7.28. The van der Waals surface area contributed by atoms with Gasteiger partial charge in [0.25, 0.3) is 17.7 Å². The van der Waals surface area contributed by atoms with Crippen LogP contribution in [-0.4, -0.2) is 116 Å². The van der Waals surface area contributed by atoms with Gasteiger partial charge in [-0.05, 0) is 141 Å². The molecule has 74 heavy (non-hydrogen) atoms. The first kappa shape index (κ1) is 50.3. The number of aromatic nitrogens is 2. The Morgan fingerprint density at radius 1 is 0.797 bits per heavy atom. The number of aromatic hydroxyl groups is 1. The highest BCUT2D eigenvalue weighted by molar-refractivity contribution is 6.13. The van der Waals surface area contributed by atoms with Crippen LogP contribution in [0.2, 0.25) is 0 Å². The van der Waals surface area contributed by atoms with Crippen LogP contribution >= 0.6 is 0 Å². The van der Waals surface area contributed by atoms with Crippen LogP contribution in [-0.2, 0) is 51.2 Å². The molecule has 4 aromatic carbocycles. The van der Waals surface area contributed by atoms with Gasteiger partial charge >= 0.3 is 0 Å². The van der Waals surface area contributed by atoms with Gasteiger partial charge in [0.2, 0.25) is 5.91 Å². The molecule has 0 unspecified atom stereocenters. The van der Waals surface area contributed by atoms with Crippen molar-refractivity contribution in [2.75, 3.05) is 57.3 Å². The number of piperidine rings is 1. The minimum absolute atomic E-state index is 0.0413. The molecule has 1 atom stereocenters. The second kappa shape index (κ2) is 20.9. The predicted octanol–water partition coefficient (Wildman–Crippen LogP) is 9.10. The number of rotatable bonds is 13. The molecular formula is C59H64F2N8O5. The van der Waals surface area contributed by atoms with E-state index in [0.29, 0.717) is 102 Å².